The van der Waals surface area contributed by atoms with E-state index in [-0.39, 0.29) is 11.8 Å². The molecule has 0 saturated heterocycles. The van der Waals surface area contributed by atoms with Gasteiger partial charge >= 0.3 is 0 Å². The van der Waals surface area contributed by atoms with Crippen LogP contribution in [0.1, 0.15) is 5.56 Å². The molecule has 4 aromatic rings. The number of anilines is 1. The van der Waals surface area contributed by atoms with Gasteiger partial charge in [-0.15, -0.1) is 0 Å². The number of aromatic amines is 1. The van der Waals surface area contributed by atoms with Crippen molar-refractivity contribution < 1.29 is 19.0 Å². The van der Waals surface area contributed by atoms with Gasteiger partial charge < -0.3 is 19.5 Å². The molecule has 166 valence electrons. The Labute approximate surface area is 191 Å². The molecule has 0 saturated carbocycles. The number of aromatic nitrogens is 2. The molecular formula is C26H23N3O4. The zero-order chi connectivity index (χ0) is 22.6. The first kappa shape index (κ1) is 20.6. The predicted molar refractivity (Wildman–Crippen MR) is 125 cm³/mol. The SMILES string of the molecule is COc1ccc2c(c1)C[C@H](C(=O)Nc1ccc(-c3cn[nH]c3)cc1Oc1ccccc1)CO2. The first-order chi connectivity index (χ1) is 16.2. The second kappa shape index (κ2) is 9.08. The van der Waals surface area contributed by atoms with Crippen molar-refractivity contribution in [2.75, 3.05) is 19.0 Å². The Hall–Kier alpha value is -4.26. The molecule has 0 unspecified atom stereocenters. The number of methoxy groups -OCH3 is 1. The van der Waals surface area contributed by atoms with Crippen LogP contribution in [0.5, 0.6) is 23.0 Å². The highest BCUT2D eigenvalue weighted by Crippen LogP contribution is 2.35. The van der Waals surface area contributed by atoms with Gasteiger partial charge in [0.2, 0.25) is 5.91 Å². The lowest BCUT2D eigenvalue weighted by Gasteiger charge is -2.25. The lowest BCUT2D eigenvalue weighted by Crippen LogP contribution is -2.32. The molecule has 0 spiro atoms. The quantitative estimate of drug-likeness (QED) is 0.436. The summed E-state index contributed by atoms with van der Waals surface area (Å²) in [5.41, 5.74) is 3.40. The van der Waals surface area contributed by atoms with E-state index in [9.17, 15) is 4.79 Å². The maximum atomic E-state index is 13.2. The molecule has 1 atom stereocenters. The maximum Gasteiger partial charge on any atom is 0.231 e. The fourth-order valence-corrected chi connectivity index (χ4v) is 3.81. The van der Waals surface area contributed by atoms with Gasteiger partial charge in [-0.1, -0.05) is 24.3 Å². The number of para-hydroxylation sites is 1. The fraction of sp³-hybridized carbons (Fsp3) is 0.154. The van der Waals surface area contributed by atoms with Crippen molar-refractivity contribution in [2.45, 2.75) is 6.42 Å². The number of hydrogen-bond donors (Lipinski definition) is 2. The lowest BCUT2D eigenvalue weighted by molar-refractivity contribution is -0.121. The summed E-state index contributed by atoms with van der Waals surface area (Å²) in [5, 5.41) is 9.87. The number of fused-ring (bicyclic) bond motifs is 1. The number of H-pyrrole nitrogens is 1. The number of carbonyl (C=O) groups excluding carboxylic acids is 1. The first-order valence-corrected chi connectivity index (χ1v) is 10.7. The Morgan fingerprint density at radius 1 is 1.06 bits per heavy atom. The van der Waals surface area contributed by atoms with Gasteiger partial charge in [-0.3, -0.25) is 9.89 Å². The molecule has 1 aliphatic heterocycles. The normalized spacial score (nSPS) is 14.6. The largest absolute Gasteiger partial charge is 0.497 e. The molecule has 1 aliphatic rings. The Morgan fingerprint density at radius 2 is 1.94 bits per heavy atom. The number of benzene rings is 3. The van der Waals surface area contributed by atoms with Gasteiger partial charge in [0.25, 0.3) is 0 Å². The van der Waals surface area contributed by atoms with Crippen molar-refractivity contribution in [1.29, 1.82) is 0 Å². The summed E-state index contributed by atoms with van der Waals surface area (Å²) < 4.78 is 17.3. The van der Waals surface area contributed by atoms with Crippen molar-refractivity contribution in [2.24, 2.45) is 5.92 Å². The van der Waals surface area contributed by atoms with E-state index in [1.807, 2.05) is 72.9 Å². The van der Waals surface area contributed by atoms with Gasteiger partial charge in [-0.05, 0) is 60.0 Å². The van der Waals surface area contributed by atoms with Crippen molar-refractivity contribution in [3.05, 3.63) is 84.7 Å². The van der Waals surface area contributed by atoms with Crippen LogP contribution in [0.3, 0.4) is 0 Å². The van der Waals surface area contributed by atoms with E-state index in [4.69, 9.17) is 14.2 Å². The molecule has 2 heterocycles. The van der Waals surface area contributed by atoms with E-state index in [0.29, 0.717) is 30.2 Å². The van der Waals surface area contributed by atoms with E-state index < -0.39 is 0 Å². The summed E-state index contributed by atoms with van der Waals surface area (Å²) in [7, 11) is 1.62. The van der Waals surface area contributed by atoms with Crippen molar-refractivity contribution in [3.63, 3.8) is 0 Å². The highest BCUT2D eigenvalue weighted by molar-refractivity contribution is 5.95. The van der Waals surface area contributed by atoms with Gasteiger partial charge in [-0.2, -0.15) is 5.10 Å². The molecule has 0 bridgehead atoms. The Kier molecular flexibility index (Phi) is 5.68. The third-order valence-corrected chi connectivity index (χ3v) is 5.59. The van der Waals surface area contributed by atoms with Gasteiger partial charge in [0.15, 0.2) is 5.75 Å². The highest BCUT2D eigenvalue weighted by atomic mass is 16.5. The number of ether oxygens (including phenoxy) is 3. The third-order valence-electron chi connectivity index (χ3n) is 5.59. The molecule has 1 aromatic heterocycles. The number of nitrogens with one attached hydrogen (secondary N) is 2. The molecule has 7 nitrogen and oxygen atoms in total. The van der Waals surface area contributed by atoms with Crippen LogP contribution in [0.4, 0.5) is 5.69 Å². The molecule has 7 heteroatoms. The van der Waals surface area contributed by atoms with E-state index in [2.05, 4.69) is 15.5 Å². The topological polar surface area (TPSA) is 85.5 Å². The third kappa shape index (κ3) is 4.52. The number of hydrogen-bond acceptors (Lipinski definition) is 5. The molecule has 0 aliphatic carbocycles. The van der Waals surface area contributed by atoms with Crippen molar-refractivity contribution in [1.82, 2.24) is 10.2 Å². The number of amides is 1. The molecule has 0 radical (unpaired) electrons. The van der Waals surface area contributed by atoms with Crippen LogP contribution in [-0.4, -0.2) is 29.8 Å². The lowest BCUT2D eigenvalue weighted by atomic mass is 9.95. The van der Waals surface area contributed by atoms with Crippen LogP contribution >= 0.6 is 0 Å². The predicted octanol–water partition coefficient (Wildman–Crippen LogP) is 5.07. The average Bonchev–Trinajstić information content (AvgIpc) is 3.40. The summed E-state index contributed by atoms with van der Waals surface area (Å²) in [6.45, 7) is 0.313. The van der Waals surface area contributed by atoms with Crippen LogP contribution in [0.15, 0.2) is 79.1 Å². The summed E-state index contributed by atoms with van der Waals surface area (Å²) in [5.74, 6) is 2.30. The number of nitrogens with zero attached hydrogens (tertiary/aromatic N) is 1. The van der Waals surface area contributed by atoms with Crippen LogP contribution in [0, 0.1) is 5.92 Å². The Balaban J connectivity index is 1.39. The van der Waals surface area contributed by atoms with E-state index >= 15 is 0 Å². The van der Waals surface area contributed by atoms with Crippen LogP contribution in [0.2, 0.25) is 0 Å². The van der Waals surface area contributed by atoms with E-state index in [0.717, 1.165) is 28.2 Å². The van der Waals surface area contributed by atoms with Gasteiger partial charge in [0, 0.05) is 11.8 Å². The minimum absolute atomic E-state index is 0.127. The highest BCUT2D eigenvalue weighted by Gasteiger charge is 2.27. The first-order valence-electron chi connectivity index (χ1n) is 10.7. The van der Waals surface area contributed by atoms with Crippen LogP contribution in [0.25, 0.3) is 11.1 Å². The molecular weight excluding hydrogens is 418 g/mol. The zero-order valence-corrected chi connectivity index (χ0v) is 18.1. The zero-order valence-electron chi connectivity index (χ0n) is 18.1. The summed E-state index contributed by atoms with van der Waals surface area (Å²) in [4.78, 5) is 13.2. The fourth-order valence-electron chi connectivity index (χ4n) is 3.81. The Bertz CT molecular complexity index is 1260. The number of rotatable bonds is 6. The minimum atomic E-state index is -0.331. The van der Waals surface area contributed by atoms with E-state index in [1.165, 1.54) is 0 Å². The molecule has 3 aromatic carbocycles. The second-order valence-electron chi connectivity index (χ2n) is 7.79. The second-order valence-corrected chi connectivity index (χ2v) is 7.79. The average molecular weight is 441 g/mol. The molecule has 1 amide bonds. The monoisotopic (exact) mass is 441 g/mol. The molecule has 0 fully saturated rings. The smallest absolute Gasteiger partial charge is 0.231 e. The van der Waals surface area contributed by atoms with Gasteiger partial charge in [0.05, 0.1) is 24.9 Å². The molecule has 5 rings (SSSR count). The Morgan fingerprint density at radius 3 is 2.73 bits per heavy atom. The molecule has 2 N–H and O–H groups in total. The van der Waals surface area contributed by atoms with Gasteiger partial charge in [-0.25, -0.2) is 0 Å². The maximum absolute atomic E-state index is 13.2. The van der Waals surface area contributed by atoms with Crippen LogP contribution in [-0.2, 0) is 11.2 Å². The summed E-state index contributed by atoms with van der Waals surface area (Å²) >= 11 is 0. The van der Waals surface area contributed by atoms with Gasteiger partial charge in [0.1, 0.15) is 23.9 Å². The standard InChI is InChI=1S/C26H23N3O4/c1-31-22-8-10-24-18(12-22)11-19(16-32-24)26(30)29-23-9-7-17(20-14-27-28-15-20)13-25(23)33-21-5-3-2-4-6-21/h2-10,12-15,19H,11,16H2,1H3,(H,27,28)(H,29,30)/t19-/m0/s1. The molecule has 33 heavy (non-hydrogen) atoms. The number of carbonyl (C=O) groups is 1. The van der Waals surface area contributed by atoms with Crippen molar-refractivity contribution >= 4 is 11.6 Å². The minimum Gasteiger partial charge on any atom is -0.497 e. The summed E-state index contributed by atoms with van der Waals surface area (Å²) in [6.07, 6.45) is 4.12. The van der Waals surface area contributed by atoms with Crippen molar-refractivity contribution in [3.8, 4) is 34.1 Å². The summed E-state index contributed by atoms with van der Waals surface area (Å²) in [6, 6.07) is 20.8. The van der Waals surface area contributed by atoms with E-state index in [1.54, 1.807) is 13.3 Å². The van der Waals surface area contributed by atoms with Crippen LogP contribution < -0.4 is 19.5 Å².